The highest BCUT2D eigenvalue weighted by atomic mass is 16.3. The van der Waals surface area contributed by atoms with Crippen molar-refractivity contribution in [1.29, 1.82) is 0 Å². The van der Waals surface area contributed by atoms with Crippen LogP contribution in [-0.4, -0.2) is 39.4 Å². The van der Waals surface area contributed by atoms with Gasteiger partial charge < -0.3 is 20.4 Å². The third kappa shape index (κ3) is 4.06. The van der Waals surface area contributed by atoms with E-state index in [1.54, 1.807) is 6.92 Å². The molecule has 1 aromatic heterocycles. The lowest BCUT2D eigenvalue weighted by Crippen LogP contribution is -2.31. The third-order valence-corrected chi connectivity index (χ3v) is 5.39. The molecular formula is C21H28N4O2. The van der Waals surface area contributed by atoms with Crippen molar-refractivity contribution in [2.75, 3.05) is 23.4 Å². The standard InChI is InChI=1S/C21H28N4O2/c1-13(12-26)22-19-10-20(24-21(23-19)15-3-4-15)25-8-7-17-9-16(14(2)27)5-6-18(17)11-25/h5-6,9-10,13-15,26-27H,3-4,7-8,11-12H2,1-2H3,(H,22,23,24)/t13-,14+/m1/s1. The van der Waals surface area contributed by atoms with Gasteiger partial charge in [-0.15, -0.1) is 0 Å². The van der Waals surface area contributed by atoms with Gasteiger partial charge in [-0.25, -0.2) is 9.97 Å². The summed E-state index contributed by atoms with van der Waals surface area (Å²) in [5, 5.41) is 22.4. The minimum Gasteiger partial charge on any atom is -0.394 e. The van der Waals surface area contributed by atoms with Crippen LogP contribution in [0, 0.1) is 0 Å². The molecule has 1 aliphatic carbocycles. The zero-order valence-corrected chi connectivity index (χ0v) is 16.0. The Morgan fingerprint density at radius 3 is 2.70 bits per heavy atom. The van der Waals surface area contributed by atoms with Gasteiger partial charge in [0.05, 0.1) is 12.7 Å². The van der Waals surface area contributed by atoms with Crippen molar-refractivity contribution in [3.8, 4) is 0 Å². The SMILES string of the molecule is C[C@H](CO)Nc1cc(N2CCc3cc([C@H](C)O)ccc3C2)nc(C2CC2)n1. The molecule has 27 heavy (non-hydrogen) atoms. The number of nitrogens with zero attached hydrogens (tertiary/aromatic N) is 3. The Labute approximate surface area is 160 Å². The fraction of sp³-hybridized carbons (Fsp3) is 0.524. The van der Waals surface area contributed by atoms with E-state index in [-0.39, 0.29) is 12.6 Å². The van der Waals surface area contributed by atoms with Crippen molar-refractivity contribution < 1.29 is 10.2 Å². The number of anilines is 2. The zero-order chi connectivity index (χ0) is 19.0. The van der Waals surface area contributed by atoms with E-state index < -0.39 is 6.10 Å². The predicted molar refractivity (Wildman–Crippen MR) is 106 cm³/mol. The molecule has 3 N–H and O–H groups in total. The Morgan fingerprint density at radius 1 is 1.19 bits per heavy atom. The molecular weight excluding hydrogens is 340 g/mol. The van der Waals surface area contributed by atoms with Crippen LogP contribution in [0.15, 0.2) is 24.3 Å². The van der Waals surface area contributed by atoms with Crippen LogP contribution >= 0.6 is 0 Å². The van der Waals surface area contributed by atoms with E-state index in [4.69, 9.17) is 4.98 Å². The first-order valence-corrected chi connectivity index (χ1v) is 9.84. The first kappa shape index (κ1) is 18.2. The molecule has 2 aliphatic rings. The van der Waals surface area contributed by atoms with Crippen molar-refractivity contribution in [1.82, 2.24) is 9.97 Å². The minimum absolute atomic E-state index is 0.0409. The monoisotopic (exact) mass is 368 g/mol. The van der Waals surface area contributed by atoms with Crippen molar-refractivity contribution in [2.24, 2.45) is 0 Å². The van der Waals surface area contributed by atoms with Crippen LogP contribution in [0.2, 0.25) is 0 Å². The van der Waals surface area contributed by atoms with E-state index in [1.807, 2.05) is 19.1 Å². The Bertz CT molecular complexity index is 820. The number of rotatable bonds is 6. The van der Waals surface area contributed by atoms with Gasteiger partial charge in [-0.05, 0) is 49.8 Å². The summed E-state index contributed by atoms with van der Waals surface area (Å²) in [6.45, 7) is 5.52. The molecule has 0 saturated heterocycles. The van der Waals surface area contributed by atoms with Gasteiger partial charge in [-0.1, -0.05) is 18.2 Å². The Balaban J connectivity index is 1.59. The van der Waals surface area contributed by atoms with Gasteiger partial charge in [-0.2, -0.15) is 0 Å². The Morgan fingerprint density at radius 2 is 2.00 bits per heavy atom. The molecule has 2 atom stereocenters. The van der Waals surface area contributed by atoms with Gasteiger partial charge in [-0.3, -0.25) is 0 Å². The molecule has 1 saturated carbocycles. The number of benzene rings is 1. The largest absolute Gasteiger partial charge is 0.394 e. The fourth-order valence-electron chi connectivity index (χ4n) is 3.54. The average Bonchev–Trinajstić information content (AvgIpc) is 3.52. The number of fused-ring (bicyclic) bond motifs is 1. The third-order valence-electron chi connectivity index (χ3n) is 5.39. The van der Waals surface area contributed by atoms with Gasteiger partial charge in [0.1, 0.15) is 17.5 Å². The van der Waals surface area contributed by atoms with Crippen LogP contribution in [0.25, 0.3) is 0 Å². The van der Waals surface area contributed by atoms with Crippen LogP contribution in [0.3, 0.4) is 0 Å². The number of hydrogen-bond acceptors (Lipinski definition) is 6. The molecule has 0 amide bonds. The van der Waals surface area contributed by atoms with Crippen molar-refractivity contribution in [3.05, 3.63) is 46.8 Å². The smallest absolute Gasteiger partial charge is 0.136 e. The number of aliphatic hydroxyl groups is 2. The molecule has 1 aromatic carbocycles. The average molecular weight is 368 g/mol. The molecule has 4 rings (SSSR count). The molecule has 2 heterocycles. The van der Waals surface area contributed by atoms with Crippen LogP contribution in [0.5, 0.6) is 0 Å². The van der Waals surface area contributed by atoms with Gasteiger partial charge in [0.25, 0.3) is 0 Å². The molecule has 0 spiro atoms. The minimum atomic E-state index is -0.432. The van der Waals surface area contributed by atoms with Gasteiger partial charge in [0, 0.05) is 31.1 Å². The quantitative estimate of drug-likeness (QED) is 0.727. The highest BCUT2D eigenvalue weighted by Gasteiger charge is 2.29. The molecule has 6 nitrogen and oxygen atoms in total. The van der Waals surface area contributed by atoms with Gasteiger partial charge in [0.2, 0.25) is 0 Å². The molecule has 1 aliphatic heterocycles. The van der Waals surface area contributed by atoms with E-state index >= 15 is 0 Å². The Kier molecular flexibility index (Phi) is 5.02. The lowest BCUT2D eigenvalue weighted by molar-refractivity contribution is 0.199. The molecule has 0 radical (unpaired) electrons. The number of hydrogen-bond donors (Lipinski definition) is 3. The summed E-state index contributed by atoms with van der Waals surface area (Å²) in [5.74, 6) is 3.12. The first-order valence-electron chi connectivity index (χ1n) is 9.84. The maximum absolute atomic E-state index is 9.81. The van der Waals surface area contributed by atoms with Gasteiger partial charge in [0.15, 0.2) is 0 Å². The lowest BCUT2D eigenvalue weighted by Gasteiger charge is -2.31. The van der Waals surface area contributed by atoms with Gasteiger partial charge >= 0.3 is 0 Å². The van der Waals surface area contributed by atoms with Crippen LogP contribution in [0.4, 0.5) is 11.6 Å². The first-order chi connectivity index (χ1) is 13.0. The maximum atomic E-state index is 9.81. The van der Waals surface area contributed by atoms with E-state index in [0.717, 1.165) is 55.4 Å². The van der Waals surface area contributed by atoms with E-state index in [1.165, 1.54) is 11.1 Å². The summed E-state index contributed by atoms with van der Waals surface area (Å²) >= 11 is 0. The molecule has 1 fully saturated rings. The Hall–Kier alpha value is -2.18. The normalized spacial score (nSPS) is 18.7. The summed E-state index contributed by atoms with van der Waals surface area (Å²) in [5.41, 5.74) is 3.58. The van der Waals surface area contributed by atoms with Crippen LogP contribution in [0.1, 0.15) is 61.2 Å². The van der Waals surface area contributed by atoms with E-state index in [0.29, 0.717) is 5.92 Å². The molecule has 0 unspecified atom stereocenters. The molecule has 6 heteroatoms. The highest BCUT2D eigenvalue weighted by Crippen LogP contribution is 2.39. The van der Waals surface area contributed by atoms with Crippen LogP contribution < -0.4 is 10.2 Å². The van der Waals surface area contributed by atoms with Crippen LogP contribution in [-0.2, 0) is 13.0 Å². The summed E-state index contributed by atoms with van der Waals surface area (Å²) in [6.07, 6.45) is 2.82. The molecule has 2 aromatic rings. The van der Waals surface area contributed by atoms with Crippen molar-refractivity contribution >= 4 is 11.6 Å². The van der Waals surface area contributed by atoms with Crippen molar-refractivity contribution in [3.63, 3.8) is 0 Å². The van der Waals surface area contributed by atoms with E-state index in [9.17, 15) is 10.2 Å². The summed E-state index contributed by atoms with van der Waals surface area (Å²) in [6, 6.07) is 8.22. The highest BCUT2D eigenvalue weighted by molar-refractivity contribution is 5.52. The molecule has 0 bridgehead atoms. The second-order valence-electron chi connectivity index (χ2n) is 7.85. The summed E-state index contributed by atoms with van der Waals surface area (Å²) < 4.78 is 0. The zero-order valence-electron chi connectivity index (χ0n) is 16.0. The predicted octanol–water partition coefficient (Wildman–Crippen LogP) is 2.76. The maximum Gasteiger partial charge on any atom is 0.136 e. The summed E-state index contributed by atoms with van der Waals surface area (Å²) in [7, 11) is 0. The topological polar surface area (TPSA) is 81.5 Å². The van der Waals surface area contributed by atoms with E-state index in [2.05, 4.69) is 27.3 Å². The fourth-order valence-corrected chi connectivity index (χ4v) is 3.54. The number of nitrogens with one attached hydrogen (secondary N) is 1. The second-order valence-corrected chi connectivity index (χ2v) is 7.85. The van der Waals surface area contributed by atoms with Crippen molar-refractivity contribution in [2.45, 2.75) is 57.7 Å². The lowest BCUT2D eigenvalue weighted by atomic mass is 9.96. The molecule has 144 valence electrons. The number of aliphatic hydroxyl groups excluding tert-OH is 2. The summed E-state index contributed by atoms with van der Waals surface area (Å²) in [4.78, 5) is 11.8. The number of aromatic nitrogens is 2. The second kappa shape index (κ2) is 7.44.